The fraction of sp³-hybridized carbons (Fsp3) is 0.360. The number of carbonyl (C=O) groups is 1. The number of amides is 1. The number of fused-ring (bicyclic) bond motifs is 8. The lowest BCUT2D eigenvalue weighted by molar-refractivity contribution is 0.0726. The monoisotopic (exact) mass is 457 g/mol. The second kappa shape index (κ2) is 7.55. The number of aromatic nitrogens is 3. The summed E-state index contributed by atoms with van der Waals surface area (Å²) in [5.41, 5.74) is 10.7. The summed E-state index contributed by atoms with van der Waals surface area (Å²) < 4.78 is 16.0. The van der Waals surface area contributed by atoms with Crippen molar-refractivity contribution in [2.45, 2.75) is 44.3 Å². The molecule has 1 saturated heterocycles. The molecule has 2 aromatic heterocycles. The minimum atomic E-state index is -0.367. The van der Waals surface area contributed by atoms with Crippen LogP contribution >= 0.6 is 0 Å². The van der Waals surface area contributed by atoms with Gasteiger partial charge in [0.05, 0.1) is 24.0 Å². The van der Waals surface area contributed by atoms with Crippen molar-refractivity contribution in [3.63, 3.8) is 0 Å². The molecule has 3 aliphatic rings. The predicted molar refractivity (Wildman–Crippen MR) is 124 cm³/mol. The number of carbonyl (C=O) groups excluding carboxylic acids is 1. The van der Waals surface area contributed by atoms with E-state index in [4.69, 9.17) is 5.73 Å². The van der Waals surface area contributed by atoms with Gasteiger partial charge in [0.15, 0.2) is 0 Å². The van der Waals surface area contributed by atoms with Gasteiger partial charge in [-0.1, -0.05) is 0 Å². The van der Waals surface area contributed by atoms with Crippen LogP contribution in [0.25, 0.3) is 11.1 Å². The van der Waals surface area contributed by atoms with Crippen LogP contribution in [-0.4, -0.2) is 38.2 Å². The van der Waals surface area contributed by atoms with E-state index in [1.807, 2.05) is 11.0 Å². The normalized spacial score (nSPS) is 19.6. The number of rotatable bonds is 1. The summed E-state index contributed by atoms with van der Waals surface area (Å²) in [6, 6.07) is 8.56. The maximum absolute atomic E-state index is 14.5. The molecule has 1 saturated carbocycles. The summed E-state index contributed by atoms with van der Waals surface area (Å²) in [6.07, 6.45) is 5.15. The number of halogens is 1. The maximum atomic E-state index is 14.5. The molecule has 2 N–H and O–H groups in total. The van der Waals surface area contributed by atoms with Gasteiger partial charge in [-0.2, -0.15) is 10.4 Å². The molecule has 9 heteroatoms. The molecule has 1 aromatic carbocycles. The van der Waals surface area contributed by atoms with Gasteiger partial charge >= 0.3 is 0 Å². The van der Waals surface area contributed by atoms with Crippen LogP contribution in [0.15, 0.2) is 30.5 Å². The van der Waals surface area contributed by atoms with Crippen LogP contribution in [0.5, 0.6) is 0 Å². The number of hydrogen-bond donors (Lipinski definition) is 1. The van der Waals surface area contributed by atoms with Gasteiger partial charge in [-0.15, -0.1) is 0 Å². The molecule has 6 rings (SSSR count). The molecule has 0 unspecified atom stereocenters. The zero-order valence-corrected chi connectivity index (χ0v) is 18.8. The number of nitriles is 1. The standard InChI is InChI=1S/C25H24FN7O/c1-31-22(11-27)23-14-9-21(24(28)29-12-14)32-8-2-3-20(32)18-10-15(26)4-7-17(18)25(34)33(16-5-6-16)13-19(23)30-31/h4,7,9-10,12,16,20H,2-3,5-6,8,13H2,1H3,(H2,28,29)/t20-/m1/s1. The molecule has 0 spiro atoms. The highest BCUT2D eigenvalue weighted by molar-refractivity contribution is 5.97. The second-order valence-electron chi connectivity index (χ2n) is 9.28. The van der Waals surface area contributed by atoms with Crippen molar-refractivity contribution in [3.05, 3.63) is 58.8 Å². The highest BCUT2D eigenvalue weighted by Gasteiger charge is 2.38. The number of anilines is 2. The van der Waals surface area contributed by atoms with Gasteiger partial charge in [0.2, 0.25) is 0 Å². The molecule has 34 heavy (non-hydrogen) atoms. The van der Waals surface area contributed by atoms with E-state index in [1.54, 1.807) is 24.0 Å². The summed E-state index contributed by atoms with van der Waals surface area (Å²) >= 11 is 0. The van der Waals surface area contributed by atoms with Crippen molar-refractivity contribution in [3.8, 4) is 17.2 Å². The molecular weight excluding hydrogens is 433 g/mol. The molecule has 2 fully saturated rings. The number of benzene rings is 1. The number of pyridine rings is 1. The summed E-state index contributed by atoms with van der Waals surface area (Å²) in [4.78, 5) is 22.3. The van der Waals surface area contributed by atoms with Crippen LogP contribution < -0.4 is 10.6 Å². The van der Waals surface area contributed by atoms with E-state index in [-0.39, 0.29) is 30.4 Å². The lowest BCUT2D eigenvalue weighted by Crippen LogP contribution is -2.35. The molecule has 172 valence electrons. The van der Waals surface area contributed by atoms with Gasteiger partial charge in [-0.3, -0.25) is 9.48 Å². The average molecular weight is 458 g/mol. The first-order valence-corrected chi connectivity index (χ1v) is 11.5. The Morgan fingerprint density at radius 2 is 2.03 bits per heavy atom. The minimum Gasteiger partial charge on any atom is -0.382 e. The summed E-state index contributed by atoms with van der Waals surface area (Å²) in [7, 11) is 1.73. The van der Waals surface area contributed by atoms with Crippen molar-refractivity contribution in [2.24, 2.45) is 7.05 Å². The minimum absolute atomic E-state index is 0.105. The molecule has 0 radical (unpaired) electrons. The molecule has 8 nitrogen and oxygen atoms in total. The summed E-state index contributed by atoms with van der Waals surface area (Å²) in [5.74, 6) is -0.135. The first-order chi connectivity index (χ1) is 16.5. The van der Waals surface area contributed by atoms with E-state index in [9.17, 15) is 14.4 Å². The highest BCUT2D eigenvalue weighted by Crippen LogP contribution is 2.43. The lowest BCUT2D eigenvalue weighted by atomic mass is 9.95. The third kappa shape index (κ3) is 3.13. The summed E-state index contributed by atoms with van der Waals surface area (Å²) in [5, 5.41) is 14.5. The van der Waals surface area contributed by atoms with Gasteiger partial charge in [-0.25, -0.2) is 9.37 Å². The van der Waals surface area contributed by atoms with Crippen LogP contribution in [0.1, 0.15) is 59.0 Å². The number of aryl methyl sites for hydroxylation is 1. The lowest BCUT2D eigenvalue weighted by Gasteiger charge is -2.31. The molecule has 2 bridgehead atoms. The zero-order chi connectivity index (χ0) is 23.6. The van der Waals surface area contributed by atoms with Crippen molar-refractivity contribution >= 4 is 17.4 Å². The van der Waals surface area contributed by atoms with Crippen molar-refractivity contribution in [1.29, 1.82) is 5.26 Å². The summed E-state index contributed by atoms with van der Waals surface area (Å²) in [6.45, 7) is 0.973. The quantitative estimate of drug-likeness (QED) is 0.600. The fourth-order valence-corrected chi connectivity index (χ4v) is 5.40. The van der Waals surface area contributed by atoms with Gasteiger partial charge in [0, 0.05) is 42.5 Å². The van der Waals surface area contributed by atoms with Crippen molar-refractivity contribution in [1.82, 2.24) is 19.7 Å². The Morgan fingerprint density at radius 3 is 2.79 bits per heavy atom. The van der Waals surface area contributed by atoms with E-state index in [1.165, 1.54) is 12.1 Å². The number of nitrogen functional groups attached to an aromatic ring is 1. The molecule has 1 aliphatic carbocycles. The number of nitrogens with zero attached hydrogens (tertiary/aromatic N) is 6. The van der Waals surface area contributed by atoms with Gasteiger partial charge in [-0.05, 0) is 55.5 Å². The highest BCUT2D eigenvalue weighted by atomic mass is 19.1. The maximum Gasteiger partial charge on any atom is 0.254 e. The van der Waals surface area contributed by atoms with E-state index in [0.29, 0.717) is 40.4 Å². The topological polar surface area (TPSA) is 104 Å². The third-order valence-corrected chi connectivity index (χ3v) is 7.15. The predicted octanol–water partition coefficient (Wildman–Crippen LogP) is 3.53. The smallest absolute Gasteiger partial charge is 0.254 e. The van der Waals surface area contributed by atoms with Crippen LogP contribution in [0.4, 0.5) is 15.9 Å². The van der Waals surface area contributed by atoms with Crippen LogP contribution in [-0.2, 0) is 13.6 Å². The van der Waals surface area contributed by atoms with Gasteiger partial charge in [0.25, 0.3) is 5.91 Å². The molecule has 4 heterocycles. The van der Waals surface area contributed by atoms with Gasteiger partial charge in [0.1, 0.15) is 23.4 Å². The fourth-order valence-electron chi connectivity index (χ4n) is 5.40. The Hall–Kier alpha value is -3.93. The second-order valence-corrected chi connectivity index (χ2v) is 9.28. The van der Waals surface area contributed by atoms with Crippen molar-refractivity contribution in [2.75, 3.05) is 17.2 Å². The molecule has 3 aromatic rings. The SMILES string of the molecule is Cn1nc2c(c1C#N)-c1cnc(N)c(c1)N1CCC[C@@H]1c1cc(F)ccc1C(=O)N(C1CC1)C2. The Labute approximate surface area is 196 Å². The van der Waals surface area contributed by atoms with Crippen molar-refractivity contribution < 1.29 is 9.18 Å². The Morgan fingerprint density at radius 1 is 1.21 bits per heavy atom. The van der Waals surface area contributed by atoms with E-state index in [2.05, 4.69) is 21.1 Å². The Bertz CT molecular complexity index is 1370. The first-order valence-electron chi connectivity index (χ1n) is 11.5. The van der Waals surface area contributed by atoms with E-state index >= 15 is 0 Å². The Kier molecular flexibility index (Phi) is 4.59. The number of hydrogen-bond acceptors (Lipinski definition) is 6. The first kappa shape index (κ1) is 20.7. The molecule has 1 amide bonds. The van der Waals surface area contributed by atoms with Crippen LogP contribution in [0, 0.1) is 17.1 Å². The van der Waals surface area contributed by atoms with Crippen LogP contribution in [0.2, 0.25) is 0 Å². The van der Waals surface area contributed by atoms with Crippen LogP contribution in [0.3, 0.4) is 0 Å². The molecular formula is C25H24FN7O. The van der Waals surface area contributed by atoms with E-state index < -0.39 is 0 Å². The molecule has 2 aliphatic heterocycles. The van der Waals surface area contributed by atoms with E-state index in [0.717, 1.165) is 36.9 Å². The average Bonchev–Trinajstić information content (AvgIpc) is 3.45. The Balaban J connectivity index is 1.64. The number of nitrogens with two attached hydrogens (primary N) is 1. The largest absolute Gasteiger partial charge is 0.382 e. The third-order valence-electron chi connectivity index (χ3n) is 7.15. The molecule has 1 atom stereocenters. The zero-order valence-electron chi connectivity index (χ0n) is 18.8. The van der Waals surface area contributed by atoms with Gasteiger partial charge < -0.3 is 15.5 Å².